The molecule has 1 aliphatic heterocycles. The van der Waals surface area contributed by atoms with Crippen LogP contribution < -0.4 is 4.74 Å². The summed E-state index contributed by atoms with van der Waals surface area (Å²) in [4.78, 5) is 2.24. The molecule has 0 unspecified atom stereocenters. The van der Waals surface area contributed by atoms with E-state index >= 15 is 0 Å². The molecule has 8 heteroatoms. The molecule has 1 aliphatic rings. The Bertz CT molecular complexity index is 798. The van der Waals surface area contributed by atoms with Gasteiger partial charge in [-0.2, -0.15) is 4.31 Å². The fourth-order valence-corrected chi connectivity index (χ4v) is 6.27. The summed E-state index contributed by atoms with van der Waals surface area (Å²) in [5, 5.41) is 0. The monoisotopic (exact) mass is 444 g/mol. The van der Waals surface area contributed by atoms with Crippen molar-refractivity contribution in [3.63, 3.8) is 0 Å². The number of sulfonamides is 1. The van der Waals surface area contributed by atoms with Gasteiger partial charge in [-0.15, -0.1) is 11.3 Å². The second kappa shape index (κ2) is 8.18. The summed E-state index contributed by atoms with van der Waals surface area (Å²) in [5.41, 5.74) is 1.21. The Hall–Kier alpha value is -0.930. The van der Waals surface area contributed by atoms with Crippen LogP contribution in [0.3, 0.4) is 0 Å². The number of aryl methyl sites for hydroxylation is 1. The summed E-state index contributed by atoms with van der Waals surface area (Å²) in [7, 11) is -3.37. The largest absolute Gasteiger partial charge is 0.492 e. The molecule has 1 fully saturated rings. The van der Waals surface area contributed by atoms with E-state index in [4.69, 9.17) is 4.74 Å². The highest BCUT2D eigenvalue weighted by atomic mass is 79.9. The second-order valence-electron chi connectivity index (χ2n) is 5.97. The first-order valence-electron chi connectivity index (χ1n) is 8.12. The Labute approximate surface area is 161 Å². The zero-order valence-electron chi connectivity index (χ0n) is 14.0. The van der Waals surface area contributed by atoms with Gasteiger partial charge < -0.3 is 4.74 Å². The summed E-state index contributed by atoms with van der Waals surface area (Å²) < 4.78 is 33.8. The molecule has 2 heterocycles. The Balaban J connectivity index is 1.46. The van der Waals surface area contributed by atoms with Gasteiger partial charge in [0.2, 0.25) is 0 Å². The number of benzene rings is 1. The second-order valence-corrected chi connectivity index (χ2v) is 10.6. The fourth-order valence-electron chi connectivity index (χ4n) is 2.68. The maximum atomic E-state index is 12.6. The summed E-state index contributed by atoms with van der Waals surface area (Å²) in [5.74, 6) is 0.870. The predicted molar refractivity (Wildman–Crippen MR) is 104 cm³/mol. The number of hydrogen-bond donors (Lipinski definition) is 0. The van der Waals surface area contributed by atoms with E-state index in [1.54, 1.807) is 16.4 Å². The minimum atomic E-state index is -3.37. The van der Waals surface area contributed by atoms with Crippen LogP contribution in [0.2, 0.25) is 0 Å². The number of ether oxygens (including phenoxy) is 1. The van der Waals surface area contributed by atoms with Crippen molar-refractivity contribution in [1.82, 2.24) is 9.21 Å². The molecule has 1 aromatic heterocycles. The molecule has 0 aliphatic carbocycles. The van der Waals surface area contributed by atoms with Gasteiger partial charge in [-0.1, -0.05) is 17.7 Å². The highest BCUT2D eigenvalue weighted by molar-refractivity contribution is 9.11. The number of thiophene rings is 1. The van der Waals surface area contributed by atoms with E-state index in [1.807, 2.05) is 31.2 Å². The van der Waals surface area contributed by atoms with E-state index < -0.39 is 10.0 Å². The summed E-state index contributed by atoms with van der Waals surface area (Å²) in [6.45, 7) is 5.93. The van der Waals surface area contributed by atoms with Gasteiger partial charge in [0.1, 0.15) is 16.6 Å². The Morgan fingerprint density at radius 2 is 1.76 bits per heavy atom. The summed E-state index contributed by atoms with van der Waals surface area (Å²) >= 11 is 4.58. The molecule has 0 saturated carbocycles. The molecule has 25 heavy (non-hydrogen) atoms. The van der Waals surface area contributed by atoms with Crippen LogP contribution in [0.25, 0.3) is 0 Å². The van der Waals surface area contributed by atoms with E-state index in [0.29, 0.717) is 23.9 Å². The smallest absolute Gasteiger partial charge is 0.252 e. The normalized spacial score (nSPS) is 16.9. The van der Waals surface area contributed by atoms with E-state index in [9.17, 15) is 8.42 Å². The Morgan fingerprint density at radius 1 is 1.08 bits per heavy atom. The van der Waals surface area contributed by atoms with Crippen LogP contribution in [0.5, 0.6) is 5.75 Å². The molecule has 0 radical (unpaired) electrons. The van der Waals surface area contributed by atoms with E-state index in [-0.39, 0.29) is 0 Å². The molecule has 0 N–H and O–H groups in total. The predicted octanol–water partition coefficient (Wildman–Crippen LogP) is 3.20. The molecule has 3 rings (SSSR count). The van der Waals surface area contributed by atoms with Crippen molar-refractivity contribution < 1.29 is 13.2 Å². The molecule has 0 amide bonds. The highest BCUT2D eigenvalue weighted by Crippen LogP contribution is 2.28. The van der Waals surface area contributed by atoms with Crippen molar-refractivity contribution in [1.29, 1.82) is 0 Å². The molecular formula is C17H21BrN2O3S2. The fraction of sp³-hybridized carbons (Fsp3) is 0.412. The van der Waals surface area contributed by atoms with Crippen LogP contribution in [0, 0.1) is 6.92 Å². The quantitative estimate of drug-likeness (QED) is 0.686. The molecular weight excluding hydrogens is 424 g/mol. The summed E-state index contributed by atoms with van der Waals surface area (Å²) in [6.07, 6.45) is 0. The Morgan fingerprint density at radius 3 is 2.36 bits per heavy atom. The van der Waals surface area contributed by atoms with Crippen LogP contribution in [0.1, 0.15) is 5.56 Å². The zero-order chi connectivity index (χ0) is 17.9. The van der Waals surface area contributed by atoms with Crippen molar-refractivity contribution in [2.75, 3.05) is 39.3 Å². The molecule has 1 aromatic carbocycles. The lowest BCUT2D eigenvalue weighted by molar-refractivity contribution is 0.159. The molecule has 0 bridgehead atoms. The minimum absolute atomic E-state index is 0.399. The molecule has 136 valence electrons. The lowest BCUT2D eigenvalue weighted by Gasteiger charge is -2.33. The summed E-state index contributed by atoms with van der Waals surface area (Å²) in [6, 6.07) is 11.4. The Kier molecular flexibility index (Phi) is 6.17. The van der Waals surface area contributed by atoms with Crippen LogP contribution in [-0.2, 0) is 10.0 Å². The number of rotatable bonds is 6. The van der Waals surface area contributed by atoms with Gasteiger partial charge in [-0.25, -0.2) is 8.42 Å². The van der Waals surface area contributed by atoms with Crippen molar-refractivity contribution in [2.45, 2.75) is 11.1 Å². The maximum absolute atomic E-state index is 12.6. The van der Waals surface area contributed by atoms with Gasteiger partial charge in [-0.3, -0.25) is 4.90 Å². The highest BCUT2D eigenvalue weighted by Gasteiger charge is 2.29. The van der Waals surface area contributed by atoms with Crippen molar-refractivity contribution in [2.24, 2.45) is 0 Å². The van der Waals surface area contributed by atoms with Crippen LogP contribution in [0.4, 0.5) is 0 Å². The number of hydrogen-bond acceptors (Lipinski definition) is 5. The van der Waals surface area contributed by atoms with Crippen molar-refractivity contribution in [3.05, 3.63) is 45.7 Å². The molecule has 1 saturated heterocycles. The molecule has 2 aromatic rings. The van der Waals surface area contributed by atoms with Gasteiger partial charge >= 0.3 is 0 Å². The number of nitrogens with zero attached hydrogens (tertiary/aromatic N) is 2. The maximum Gasteiger partial charge on any atom is 0.252 e. The first-order chi connectivity index (χ1) is 11.9. The van der Waals surface area contributed by atoms with Crippen LogP contribution in [0.15, 0.2) is 44.4 Å². The van der Waals surface area contributed by atoms with Gasteiger partial charge in [0.15, 0.2) is 0 Å². The molecule has 5 nitrogen and oxygen atoms in total. The van der Waals surface area contributed by atoms with E-state index in [0.717, 1.165) is 29.2 Å². The lowest BCUT2D eigenvalue weighted by atomic mass is 10.2. The van der Waals surface area contributed by atoms with Crippen LogP contribution in [-0.4, -0.2) is 57.0 Å². The number of piperazine rings is 1. The average molecular weight is 445 g/mol. The van der Waals surface area contributed by atoms with Crippen molar-refractivity contribution in [3.8, 4) is 5.75 Å². The van der Waals surface area contributed by atoms with E-state index in [1.165, 1.54) is 16.9 Å². The molecule has 0 atom stereocenters. The standard InChI is InChI=1S/C17H21BrN2O3S2/c1-14-2-4-15(5-3-14)23-13-12-19-8-10-20(11-9-19)25(21,22)17-7-6-16(18)24-17/h2-7H,8-13H2,1H3. The first-order valence-corrected chi connectivity index (χ1v) is 11.2. The SMILES string of the molecule is Cc1ccc(OCCN2CCN(S(=O)(=O)c3ccc(Br)s3)CC2)cc1. The minimum Gasteiger partial charge on any atom is -0.492 e. The third-order valence-electron chi connectivity index (χ3n) is 4.17. The van der Waals surface area contributed by atoms with Crippen LogP contribution >= 0.6 is 27.3 Å². The van der Waals surface area contributed by atoms with Gasteiger partial charge in [0, 0.05) is 32.7 Å². The molecule has 0 spiro atoms. The van der Waals surface area contributed by atoms with Crippen molar-refractivity contribution >= 4 is 37.3 Å². The zero-order valence-corrected chi connectivity index (χ0v) is 17.2. The van der Waals surface area contributed by atoms with E-state index in [2.05, 4.69) is 20.8 Å². The third-order valence-corrected chi connectivity index (χ3v) is 8.16. The lowest BCUT2D eigenvalue weighted by Crippen LogP contribution is -2.49. The average Bonchev–Trinajstić information content (AvgIpc) is 3.04. The topological polar surface area (TPSA) is 49.9 Å². The third kappa shape index (κ3) is 4.83. The van der Waals surface area contributed by atoms with Gasteiger partial charge in [0.05, 0.1) is 3.79 Å². The van der Waals surface area contributed by atoms with Gasteiger partial charge in [-0.05, 0) is 47.1 Å². The first kappa shape index (κ1) is 18.8. The number of halogens is 1. The van der Waals surface area contributed by atoms with Gasteiger partial charge in [0.25, 0.3) is 10.0 Å².